The average molecular weight is 478 g/mol. The summed E-state index contributed by atoms with van der Waals surface area (Å²) in [7, 11) is 0. The van der Waals surface area contributed by atoms with Crippen molar-refractivity contribution in [3.05, 3.63) is 95.6 Å². The summed E-state index contributed by atoms with van der Waals surface area (Å²) in [6.07, 6.45) is -0.821. The lowest BCUT2D eigenvalue weighted by atomic mass is 9.98. The summed E-state index contributed by atoms with van der Waals surface area (Å²) in [5, 5.41) is 1.69. The van der Waals surface area contributed by atoms with E-state index in [4.69, 9.17) is 21.1 Å². The molecule has 1 atom stereocenters. The van der Waals surface area contributed by atoms with Crippen molar-refractivity contribution in [1.82, 2.24) is 5.32 Å². The molecule has 0 bridgehead atoms. The summed E-state index contributed by atoms with van der Waals surface area (Å²) in [6.45, 7) is 0.251. The molecular formula is C27H24ClNO5. The van der Waals surface area contributed by atoms with Crippen molar-refractivity contribution in [1.29, 1.82) is 0 Å². The zero-order valence-electron chi connectivity index (χ0n) is 18.4. The van der Waals surface area contributed by atoms with Crippen LogP contribution in [-0.2, 0) is 25.7 Å². The molecule has 1 aliphatic rings. The molecule has 7 heteroatoms. The third-order valence-corrected chi connectivity index (χ3v) is 6.05. The van der Waals surface area contributed by atoms with E-state index in [-0.39, 0.29) is 32.0 Å². The van der Waals surface area contributed by atoms with E-state index in [1.54, 1.807) is 0 Å². The Bertz CT molecular complexity index is 1130. The Hall–Kier alpha value is -3.64. The van der Waals surface area contributed by atoms with E-state index < -0.39 is 23.3 Å². The van der Waals surface area contributed by atoms with E-state index in [0.29, 0.717) is 0 Å². The van der Waals surface area contributed by atoms with E-state index in [9.17, 15) is 14.4 Å². The summed E-state index contributed by atoms with van der Waals surface area (Å²) in [4.78, 5) is 36.3. The molecule has 1 amide bonds. The largest absolute Gasteiger partial charge is 0.461 e. The molecule has 1 N–H and O–H groups in total. The molecule has 0 unspecified atom stereocenters. The second-order valence-corrected chi connectivity index (χ2v) is 8.38. The number of halogens is 1. The van der Waals surface area contributed by atoms with Gasteiger partial charge in [-0.25, -0.2) is 4.79 Å². The molecule has 34 heavy (non-hydrogen) atoms. The topological polar surface area (TPSA) is 81.7 Å². The second-order valence-electron chi connectivity index (χ2n) is 8.01. The number of ether oxygens (including phenoxy) is 2. The van der Waals surface area contributed by atoms with Crippen molar-refractivity contribution < 1.29 is 23.9 Å². The molecule has 0 aromatic heterocycles. The number of hydrogen-bond acceptors (Lipinski definition) is 5. The molecule has 0 aliphatic heterocycles. The van der Waals surface area contributed by atoms with Gasteiger partial charge in [0.2, 0.25) is 5.24 Å². The van der Waals surface area contributed by atoms with Crippen molar-refractivity contribution in [3.63, 3.8) is 0 Å². The van der Waals surface area contributed by atoms with Crippen LogP contribution in [0.15, 0.2) is 78.9 Å². The van der Waals surface area contributed by atoms with E-state index in [2.05, 4.69) is 5.32 Å². The van der Waals surface area contributed by atoms with E-state index in [1.807, 2.05) is 78.9 Å². The number of alkyl carbamates (subject to hydrolysis) is 1. The molecular weight excluding hydrogens is 454 g/mol. The van der Waals surface area contributed by atoms with Crippen LogP contribution < -0.4 is 5.32 Å². The molecule has 0 saturated heterocycles. The van der Waals surface area contributed by atoms with Crippen LogP contribution in [0.3, 0.4) is 0 Å². The van der Waals surface area contributed by atoms with Crippen molar-refractivity contribution in [3.8, 4) is 11.1 Å². The number of fused-ring (bicyclic) bond motifs is 3. The quantitative estimate of drug-likeness (QED) is 0.339. The SMILES string of the molecule is O=C(CC[C@H](NC(=O)OCC1c2ccccc2-c2ccccc21)C(=O)Cl)OCc1ccccc1. The Morgan fingerprint density at radius 2 is 1.41 bits per heavy atom. The third kappa shape index (κ3) is 5.64. The lowest BCUT2D eigenvalue weighted by molar-refractivity contribution is -0.145. The van der Waals surface area contributed by atoms with Crippen LogP contribution in [0, 0.1) is 0 Å². The maximum Gasteiger partial charge on any atom is 0.407 e. The number of carbonyl (C=O) groups excluding carboxylic acids is 3. The lowest BCUT2D eigenvalue weighted by Crippen LogP contribution is -2.40. The van der Waals surface area contributed by atoms with Gasteiger partial charge in [-0.1, -0.05) is 78.9 Å². The first kappa shape index (κ1) is 23.5. The molecule has 0 spiro atoms. The molecule has 0 fully saturated rings. The fraction of sp³-hybridized carbons (Fsp3) is 0.222. The van der Waals surface area contributed by atoms with Crippen LogP contribution in [0.4, 0.5) is 4.79 Å². The van der Waals surface area contributed by atoms with Gasteiger partial charge in [-0.2, -0.15) is 0 Å². The average Bonchev–Trinajstić information content (AvgIpc) is 3.18. The number of amides is 1. The smallest absolute Gasteiger partial charge is 0.407 e. The molecule has 174 valence electrons. The van der Waals surface area contributed by atoms with Gasteiger partial charge < -0.3 is 14.8 Å². The number of hydrogen-bond donors (Lipinski definition) is 1. The molecule has 0 radical (unpaired) electrons. The van der Waals surface area contributed by atoms with Crippen molar-refractivity contribution in [2.24, 2.45) is 0 Å². The maximum absolute atomic E-state index is 12.4. The Labute approximate surface area is 202 Å². The van der Waals surface area contributed by atoms with Gasteiger partial charge in [-0.3, -0.25) is 9.59 Å². The van der Waals surface area contributed by atoms with Gasteiger partial charge in [-0.05, 0) is 45.8 Å². The number of benzene rings is 3. The predicted molar refractivity (Wildman–Crippen MR) is 128 cm³/mol. The van der Waals surface area contributed by atoms with Gasteiger partial charge >= 0.3 is 12.1 Å². The molecule has 3 aromatic carbocycles. The van der Waals surface area contributed by atoms with Gasteiger partial charge in [-0.15, -0.1) is 0 Å². The van der Waals surface area contributed by atoms with Crippen LogP contribution >= 0.6 is 11.6 Å². The van der Waals surface area contributed by atoms with Crippen molar-refractivity contribution in [2.75, 3.05) is 6.61 Å². The Balaban J connectivity index is 1.29. The fourth-order valence-corrected chi connectivity index (χ4v) is 4.26. The van der Waals surface area contributed by atoms with Gasteiger partial charge in [0.25, 0.3) is 0 Å². The summed E-state index contributed by atoms with van der Waals surface area (Å²) in [5.74, 6) is -0.586. The zero-order chi connectivity index (χ0) is 23.9. The number of esters is 1. The number of carbonyl (C=O) groups is 3. The van der Waals surface area contributed by atoms with Crippen LogP contribution in [0.25, 0.3) is 11.1 Å². The molecule has 0 saturated carbocycles. The number of rotatable bonds is 9. The van der Waals surface area contributed by atoms with Crippen LogP contribution in [0.5, 0.6) is 0 Å². The minimum atomic E-state index is -1.05. The van der Waals surface area contributed by atoms with E-state index in [0.717, 1.165) is 27.8 Å². The van der Waals surface area contributed by atoms with Crippen LogP contribution in [-0.4, -0.2) is 30.0 Å². The zero-order valence-corrected chi connectivity index (χ0v) is 19.2. The molecule has 1 aliphatic carbocycles. The summed E-state index contributed by atoms with van der Waals surface area (Å²) in [6, 6.07) is 24.2. The number of nitrogens with one attached hydrogen (secondary N) is 1. The van der Waals surface area contributed by atoms with Gasteiger partial charge in [0.05, 0.1) is 0 Å². The fourth-order valence-electron chi connectivity index (χ4n) is 4.10. The Morgan fingerprint density at radius 1 is 0.824 bits per heavy atom. The highest BCUT2D eigenvalue weighted by Crippen LogP contribution is 2.44. The van der Waals surface area contributed by atoms with Crippen molar-refractivity contribution >= 4 is 28.9 Å². The van der Waals surface area contributed by atoms with Crippen LogP contribution in [0.1, 0.15) is 35.4 Å². The minimum Gasteiger partial charge on any atom is -0.461 e. The van der Waals surface area contributed by atoms with Gasteiger partial charge in [0.1, 0.15) is 19.3 Å². The summed E-state index contributed by atoms with van der Waals surface area (Å²) >= 11 is 5.64. The molecule has 6 nitrogen and oxygen atoms in total. The summed E-state index contributed by atoms with van der Waals surface area (Å²) in [5.41, 5.74) is 5.27. The summed E-state index contributed by atoms with van der Waals surface area (Å²) < 4.78 is 10.7. The first-order valence-electron chi connectivity index (χ1n) is 11.0. The standard InChI is InChI=1S/C27H24ClNO5/c28-26(31)24(14-15-25(30)33-16-18-8-2-1-3-9-18)29-27(32)34-17-23-21-12-6-4-10-19(21)20-11-5-7-13-22(20)23/h1-13,23-24H,14-17H2,(H,29,32)/t24-/m0/s1. The van der Waals surface area contributed by atoms with E-state index >= 15 is 0 Å². The highest BCUT2D eigenvalue weighted by Gasteiger charge is 2.29. The lowest BCUT2D eigenvalue weighted by Gasteiger charge is -2.17. The first-order valence-corrected chi connectivity index (χ1v) is 11.4. The predicted octanol–water partition coefficient (Wildman–Crippen LogP) is 5.18. The Morgan fingerprint density at radius 3 is 2.03 bits per heavy atom. The first-order chi connectivity index (χ1) is 16.5. The highest BCUT2D eigenvalue weighted by atomic mass is 35.5. The van der Waals surface area contributed by atoms with Crippen molar-refractivity contribution in [2.45, 2.75) is 31.4 Å². The van der Waals surface area contributed by atoms with Gasteiger partial charge in [0.15, 0.2) is 0 Å². The van der Waals surface area contributed by atoms with Gasteiger partial charge in [0, 0.05) is 12.3 Å². The highest BCUT2D eigenvalue weighted by molar-refractivity contribution is 6.64. The Kier molecular flexibility index (Phi) is 7.60. The van der Waals surface area contributed by atoms with E-state index in [1.165, 1.54) is 0 Å². The molecule has 0 heterocycles. The second kappa shape index (κ2) is 11.0. The third-order valence-electron chi connectivity index (χ3n) is 5.79. The maximum atomic E-state index is 12.4. The molecule has 3 aromatic rings. The normalized spacial score (nSPS) is 12.9. The minimum absolute atomic E-state index is 0.0140. The monoisotopic (exact) mass is 477 g/mol. The van der Waals surface area contributed by atoms with Crippen LogP contribution in [0.2, 0.25) is 0 Å². The molecule has 4 rings (SSSR count).